The quantitative estimate of drug-likeness (QED) is 0.185. The normalized spacial score (nSPS) is 13.2. The van der Waals surface area contributed by atoms with Crippen LogP contribution in [0.15, 0.2) is 24.3 Å². The summed E-state index contributed by atoms with van der Waals surface area (Å²) in [6, 6.07) is 0. The van der Waals surface area contributed by atoms with E-state index in [1.807, 2.05) is 12.2 Å². The summed E-state index contributed by atoms with van der Waals surface area (Å²) in [5.41, 5.74) is 0. The number of unbranched alkanes of at least 4 members (excludes halogenated alkanes) is 7. The zero-order chi connectivity index (χ0) is 16.5. The lowest BCUT2D eigenvalue weighted by molar-refractivity contribution is -0.264. The van der Waals surface area contributed by atoms with Crippen molar-refractivity contribution < 1.29 is 20.0 Å². The van der Waals surface area contributed by atoms with Crippen molar-refractivity contribution in [1.29, 1.82) is 0 Å². The van der Waals surface area contributed by atoms with Gasteiger partial charge in [0.05, 0.1) is 0 Å². The topological polar surface area (TPSA) is 66.8 Å². The molecule has 0 spiro atoms. The van der Waals surface area contributed by atoms with Crippen molar-refractivity contribution in [1.82, 2.24) is 0 Å². The van der Waals surface area contributed by atoms with Gasteiger partial charge in [0.15, 0.2) is 0 Å². The number of carbonyl (C=O) groups is 1. The molecule has 0 aliphatic rings. The molecule has 0 amide bonds. The smallest absolute Gasteiger partial charge is 0.303 e. The molecule has 0 aliphatic carbocycles. The van der Waals surface area contributed by atoms with Crippen LogP contribution < -0.4 is 0 Å². The van der Waals surface area contributed by atoms with Gasteiger partial charge < -0.3 is 5.11 Å². The van der Waals surface area contributed by atoms with Gasteiger partial charge in [-0.3, -0.25) is 10.1 Å². The maximum absolute atomic E-state index is 10.3. The van der Waals surface area contributed by atoms with Crippen LogP contribution in [-0.4, -0.2) is 22.4 Å². The van der Waals surface area contributed by atoms with Gasteiger partial charge in [0, 0.05) is 6.42 Å². The molecule has 0 bridgehead atoms. The Labute approximate surface area is 134 Å². The summed E-state index contributed by atoms with van der Waals surface area (Å²) in [4.78, 5) is 14.8. The van der Waals surface area contributed by atoms with E-state index in [-0.39, 0.29) is 12.5 Å². The van der Waals surface area contributed by atoms with Crippen LogP contribution >= 0.6 is 0 Å². The van der Waals surface area contributed by atoms with Gasteiger partial charge in [0.25, 0.3) is 0 Å². The molecule has 2 N–H and O–H groups in total. The molecule has 4 heteroatoms. The summed E-state index contributed by atoms with van der Waals surface area (Å²) < 4.78 is 0. The highest BCUT2D eigenvalue weighted by molar-refractivity contribution is 5.66. The molecule has 1 atom stereocenters. The fourth-order valence-corrected chi connectivity index (χ4v) is 2.16. The van der Waals surface area contributed by atoms with E-state index in [1.165, 1.54) is 19.3 Å². The van der Waals surface area contributed by atoms with Crippen LogP contribution in [-0.2, 0) is 9.68 Å². The largest absolute Gasteiger partial charge is 0.481 e. The number of carboxylic acids is 1. The van der Waals surface area contributed by atoms with Crippen molar-refractivity contribution >= 4 is 5.97 Å². The fraction of sp³-hybridized carbons (Fsp3) is 0.722. The highest BCUT2D eigenvalue weighted by Gasteiger charge is 2.01. The zero-order valence-electron chi connectivity index (χ0n) is 13.9. The maximum atomic E-state index is 10.3. The predicted octanol–water partition coefficient (Wildman–Crippen LogP) is 5.35. The third kappa shape index (κ3) is 15.3. The van der Waals surface area contributed by atoms with Crippen LogP contribution in [0.4, 0.5) is 0 Å². The van der Waals surface area contributed by atoms with Crippen molar-refractivity contribution in [3.63, 3.8) is 0 Å². The van der Waals surface area contributed by atoms with E-state index in [4.69, 9.17) is 10.4 Å². The average Bonchev–Trinajstić information content (AvgIpc) is 2.50. The van der Waals surface area contributed by atoms with Gasteiger partial charge in [-0.1, -0.05) is 56.9 Å². The SMILES string of the molecule is CCCCC/C=C\CC(/C=C/CCCCCCC(=O)O)OO. The van der Waals surface area contributed by atoms with Crippen LogP contribution in [0.25, 0.3) is 0 Å². The second-order valence-corrected chi connectivity index (χ2v) is 5.62. The van der Waals surface area contributed by atoms with Gasteiger partial charge in [-0.25, -0.2) is 4.89 Å². The summed E-state index contributed by atoms with van der Waals surface area (Å²) in [6.07, 6.45) is 18.4. The molecule has 0 fully saturated rings. The lowest BCUT2D eigenvalue weighted by Gasteiger charge is -2.05. The molecule has 0 radical (unpaired) electrons. The summed E-state index contributed by atoms with van der Waals surface area (Å²) in [5, 5.41) is 17.4. The lowest BCUT2D eigenvalue weighted by atomic mass is 10.1. The third-order valence-electron chi connectivity index (χ3n) is 3.51. The standard InChI is InChI=1S/C18H32O4/c1-2-3-4-5-8-11-14-17(22-21)15-12-9-6-7-10-13-16-18(19)20/h8,11-12,15,17,21H,2-7,9-10,13-14,16H2,1H3,(H,19,20)/b11-8-,15-12+. The Bertz CT molecular complexity index is 310. The highest BCUT2D eigenvalue weighted by Crippen LogP contribution is 2.08. The Hall–Kier alpha value is -1.13. The summed E-state index contributed by atoms with van der Waals surface area (Å²) in [6.45, 7) is 2.19. The van der Waals surface area contributed by atoms with Crippen molar-refractivity contribution in [3.05, 3.63) is 24.3 Å². The zero-order valence-corrected chi connectivity index (χ0v) is 13.9. The second kappa shape index (κ2) is 16.2. The fourth-order valence-electron chi connectivity index (χ4n) is 2.16. The van der Waals surface area contributed by atoms with Crippen molar-refractivity contribution in [2.75, 3.05) is 0 Å². The average molecular weight is 312 g/mol. The molecule has 0 aromatic heterocycles. The monoisotopic (exact) mass is 312 g/mol. The Morgan fingerprint density at radius 1 is 1.00 bits per heavy atom. The van der Waals surface area contributed by atoms with Crippen LogP contribution in [0, 0.1) is 0 Å². The minimum atomic E-state index is -0.717. The molecule has 0 aliphatic heterocycles. The maximum Gasteiger partial charge on any atom is 0.303 e. The summed E-state index contributed by atoms with van der Waals surface area (Å²) >= 11 is 0. The van der Waals surface area contributed by atoms with Gasteiger partial charge in [-0.15, -0.1) is 0 Å². The molecular formula is C18H32O4. The number of allylic oxidation sites excluding steroid dienone is 2. The van der Waals surface area contributed by atoms with Gasteiger partial charge >= 0.3 is 5.97 Å². The van der Waals surface area contributed by atoms with Gasteiger partial charge in [0.1, 0.15) is 6.10 Å². The molecule has 0 heterocycles. The first-order valence-corrected chi connectivity index (χ1v) is 8.54. The van der Waals surface area contributed by atoms with Crippen molar-refractivity contribution in [2.45, 2.75) is 83.7 Å². The Morgan fingerprint density at radius 3 is 2.36 bits per heavy atom. The number of carboxylic acid groups (broad SMARTS) is 1. The predicted molar refractivity (Wildman–Crippen MR) is 89.9 cm³/mol. The number of hydrogen-bond acceptors (Lipinski definition) is 3. The molecule has 4 nitrogen and oxygen atoms in total. The van der Waals surface area contributed by atoms with Gasteiger partial charge in [-0.05, 0) is 38.5 Å². The molecule has 1 unspecified atom stereocenters. The van der Waals surface area contributed by atoms with Crippen LogP contribution in [0.2, 0.25) is 0 Å². The summed E-state index contributed by atoms with van der Waals surface area (Å²) in [7, 11) is 0. The van der Waals surface area contributed by atoms with Gasteiger partial charge in [-0.2, -0.15) is 0 Å². The van der Waals surface area contributed by atoms with E-state index in [9.17, 15) is 4.79 Å². The van der Waals surface area contributed by atoms with E-state index in [0.29, 0.717) is 6.42 Å². The van der Waals surface area contributed by atoms with Gasteiger partial charge in [0.2, 0.25) is 0 Å². The van der Waals surface area contributed by atoms with Crippen LogP contribution in [0.5, 0.6) is 0 Å². The van der Waals surface area contributed by atoms with E-state index >= 15 is 0 Å². The minimum Gasteiger partial charge on any atom is -0.481 e. The minimum absolute atomic E-state index is 0.265. The molecular weight excluding hydrogens is 280 g/mol. The van der Waals surface area contributed by atoms with E-state index in [1.54, 1.807) is 0 Å². The highest BCUT2D eigenvalue weighted by atomic mass is 17.1. The van der Waals surface area contributed by atoms with E-state index in [0.717, 1.165) is 38.5 Å². The molecule has 0 aromatic rings. The number of rotatable bonds is 15. The molecule has 128 valence electrons. The van der Waals surface area contributed by atoms with Crippen LogP contribution in [0.1, 0.15) is 77.6 Å². The molecule has 0 rings (SSSR count). The van der Waals surface area contributed by atoms with E-state index in [2.05, 4.69) is 24.0 Å². The third-order valence-corrected chi connectivity index (χ3v) is 3.51. The van der Waals surface area contributed by atoms with Crippen molar-refractivity contribution in [3.8, 4) is 0 Å². The molecule has 22 heavy (non-hydrogen) atoms. The Balaban J connectivity index is 3.59. The Kier molecular flexibility index (Phi) is 15.4. The molecule has 0 aromatic carbocycles. The number of aliphatic carboxylic acids is 1. The summed E-state index contributed by atoms with van der Waals surface area (Å²) in [5.74, 6) is -0.717. The van der Waals surface area contributed by atoms with Crippen molar-refractivity contribution in [2.24, 2.45) is 0 Å². The van der Waals surface area contributed by atoms with Crippen LogP contribution in [0.3, 0.4) is 0 Å². The number of hydrogen-bond donors (Lipinski definition) is 2. The second-order valence-electron chi connectivity index (χ2n) is 5.62. The molecule has 0 saturated carbocycles. The first-order valence-electron chi connectivity index (χ1n) is 8.54. The van der Waals surface area contributed by atoms with E-state index < -0.39 is 5.97 Å². The lowest BCUT2D eigenvalue weighted by Crippen LogP contribution is -2.05. The molecule has 0 saturated heterocycles. The first kappa shape index (κ1) is 20.9. The first-order chi connectivity index (χ1) is 10.7. The Morgan fingerprint density at radius 2 is 1.68 bits per heavy atom.